The van der Waals surface area contributed by atoms with Gasteiger partial charge in [-0.2, -0.15) is 0 Å². The minimum Gasteiger partial charge on any atom is -0.488 e. The van der Waals surface area contributed by atoms with E-state index in [1.807, 2.05) is 0 Å². The van der Waals surface area contributed by atoms with Crippen molar-refractivity contribution in [3.8, 4) is 16.9 Å². The molecule has 0 bridgehead atoms. The molecule has 0 saturated carbocycles. The van der Waals surface area contributed by atoms with Gasteiger partial charge in [-0.3, -0.25) is 0 Å². The number of halogens is 2. The van der Waals surface area contributed by atoms with Crippen LogP contribution < -0.4 is 4.74 Å². The molecular weight excluding hydrogens is 406 g/mol. The van der Waals surface area contributed by atoms with E-state index in [9.17, 15) is 0 Å². The number of hydrogen-bond acceptors (Lipinski definition) is 2. The highest BCUT2D eigenvalue weighted by atomic mass is 79.9. The zero-order valence-corrected chi connectivity index (χ0v) is 15.4. The van der Waals surface area contributed by atoms with Crippen LogP contribution in [0.25, 0.3) is 11.1 Å². The Bertz CT molecular complexity index is 716. The number of rotatable bonds is 2. The average Bonchev–Trinajstić information content (AvgIpc) is 3.00. The van der Waals surface area contributed by atoms with Gasteiger partial charge in [-0.25, -0.2) is 3.93 Å². The molecule has 2 nitrogen and oxygen atoms in total. The molecule has 1 fully saturated rings. The summed E-state index contributed by atoms with van der Waals surface area (Å²) in [5.41, 5.74) is 6.55. The molecule has 2 aliphatic heterocycles. The number of alkyl halides is 1. The molecule has 1 saturated heterocycles. The molecule has 0 amide bonds. The molecule has 0 spiro atoms. The molecule has 1 unspecified atom stereocenters. The Kier molecular flexibility index (Phi) is 4.01. The lowest BCUT2D eigenvalue weighted by molar-refractivity contribution is 0.302. The summed E-state index contributed by atoms with van der Waals surface area (Å²) >= 11 is 7.12. The Hall–Kier alpha value is -0.840. The van der Waals surface area contributed by atoms with E-state index in [1.165, 1.54) is 34.2 Å². The minimum absolute atomic E-state index is 0.623. The summed E-state index contributed by atoms with van der Waals surface area (Å²) in [7, 11) is 0. The maximum absolute atomic E-state index is 5.94. The van der Waals surface area contributed by atoms with Gasteiger partial charge in [0.1, 0.15) is 12.4 Å². The van der Waals surface area contributed by atoms with Crippen molar-refractivity contribution in [1.82, 2.24) is 3.93 Å². The molecule has 0 radical (unpaired) electrons. The summed E-state index contributed by atoms with van der Waals surface area (Å²) < 4.78 is 8.17. The molecule has 2 aliphatic rings. The fraction of sp³-hybridized carbons (Fsp3) is 0.333. The highest BCUT2D eigenvalue weighted by Gasteiger charge is 2.24. The summed E-state index contributed by atoms with van der Waals surface area (Å²) in [5.74, 6) is 1.63. The lowest BCUT2D eigenvalue weighted by atomic mass is 9.90. The predicted molar refractivity (Wildman–Crippen MR) is 96.7 cm³/mol. The molecule has 1 atom stereocenters. The molecule has 4 heteroatoms. The summed E-state index contributed by atoms with van der Waals surface area (Å²) in [5, 5.41) is 0.861. The number of ether oxygens (including phenoxy) is 1. The van der Waals surface area contributed by atoms with Gasteiger partial charge in [0.05, 0.1) is 0 Å². The largest absolute Gasteiger partial charge is 0.488 e. The molecule has 0 aromatic heterocycles. The maximum Gasteiger partial charge on any atom is 0.127 e. The first kappa shape index (κ1) is 14.7. The first-order valence-electron chi connectivity index (χ1n) is 7.60. The third kappa shape index (κ3) is 2.61. The molecular formula is C18H17Br2NO. The number of hydrogen-bond donors (Lipinski definition) is 0. The van der Waals surface area contributed by atoms with Crippen molar-refractivity contribution >= 4 is 32.1 Å². The Balaban J connectivity index is 1.75. The van der Waals surface area contributed by atoms with Crippen molar-refractivity contribution in [3.63, 3.8) is 0 Å². The van der Waals surface area contributed by atoms with E-state index >= 15 is 0 Å². The van der Waals surface area contributed by atoms with Gasteiger partial charge in [0.25, 0.3) is 0 Å². The van der Waals surface area contributed by atoms with Crippen LogP contribution in [0.1, 0.15) is 29.0 Å². The second-order valence-electron chi connectivity index (χ2n) is 6.02. The van der Waals surface area contributed by atoms with E-state index in [4.69, 9.17) is 4.74 Å². The molecule has 2 heterocycles. The smallest absolute Gasteiger partial charge is 0.127 e. The van der Waals surface area contributed by atoms with Gasteiger partial charge in [-0.1, -0.05) is 46.3 Å². The zero-order chi connectivity index (χ0) is 15.1. The molecule has 22 heavy (non-hydrogen) atoms. The highest BCUT2D eigenvalue weighted by molar-refractivity contribution is 9.08. The number of nitrogens with zero attached hydrogens (tertiary/aromatic N) is 1. The second-order valence-corrected chi connectivity index (χ2v) is 7.59. The van der Waals surface area contributed by atoms with Crippen LogP contribution in [0.2, 0.25) is 0 Å². The first-order valence-corrected chi connectivity index (χ1v) is 9.43. The standard InChI is InChI=1S/C18H17Br2NO/c19-9-12-1-4-16-17-8-13(14-5-6-21(20)10-14)2-3-15(17)11-22-18(16)7-12/h1-4,7-8,14H,5-6,9-11H2. The third-order valence-electron chi connectivity index (χ3n) is 4.62. The normalized spacial score (nSPS) is 20.4. The second kappa shape index (κ2) is 5.99. The van der Waals surface area contributed by atoms with Gasteiger partial charge in [0.15, 0.2) is 0 Å². The Labute approximate surface area is 147 Å². The molecule has 0 aliphatic carbocycles. The average molecular weight is 423 g/mol. The highest BCUT2D eigenvalue weighted by Crippen LogP contribution is 2.40. The van der Waals surface area contributed by atoms with Crippen LogP contribution >= 0.6 is 32.1 Å². The van der Waals surface area contributed by atoms with E-state index in [1.54, 1.807) is 0 Å². The van der Waals surface area contributed by atoms with Gasteiger partial charge >= 0.3 is 0 Å². The minimum atomic E-state index is 0.623. The lowest BCUT2D eigenvalue weighted by Gasteiger charge is -2.23. The van der Waals surface area contributed by atoms with Crippen LogP contribution in [0, 0.1) is 0 Å². The fourth-order valence-electron chi connectivity index (χ4n) is 3.36. The van der Waals surface area contributed by atoms with Crippen LogP contribution in [-0.2, 0) is 11.9 Å². The van der Waals surface area contributed by atoms with Crippen molar-refractivity contribution < 1.29 is 4.74 Å². The van der Waals surface area contributed by atoms with Gasteiger partial charge in [0.2, 0.25) is 0 Å². The molecule has 2 aromatic rings. The van der Waals surface area contributed by atoms with E-state index in [-0.39, 0.29) is 0 Å². The summed E-state index contributed by atoms with van der Waals surface area (Å²) in [6.07, 6.45) is 1.22. The van der Waals surface area contributed by atoms with Crippen LogP contribution in [0.15, 0.2) is 36.4 Å². The monoisotopic (exact) mass is 421 g/mol. The predicted octanol–water partition coefficient (Wildman–Crippen LogP) is 5.24. The Morgan fingerprint density at radius 1 is 1.14 bits per heavy atom. The fourth-order valence-corrected chi connectivity index (χ4v) is 4.26. The van der Waals surface area contributed by atoms with Crippen LogP contribution in [0.3, 0.4) is 0 Å². The van der Waals surface area contributed by atoms with Crippen molar-refractivity contribution in [1.29, 1.82) is 0 Å². The topological polar surface area (TPSA) is 12.5 Å². The zero-order valence-electron chi connectivity index (χ0n) is 12.2. The van der Waals surface area contributed by atoms with Crippen molar-refractivity contribution in [2.75, 3.05) is 13.1 Å². The summed E-state index contributed by atoms with van der Waals surface area (Å²) in [6.45, 7) is 2.88. The van der Waals surface area contributed by atoms with E-state index in [0.29, 0.717) is 12.5 Å². The first-order chi connectivity index (χ1) is 10.7. The maximum atomic E-state index is 5.94. The number of benzene rings is 2. The van der Waals surface area contributed by atoms with Gasteiger partial charge < -0.3 is 4.74 Å². The molecule has 4 rings (SSSR count). The van der Waals surface area contributed by atoms with Crippen molar-refractivity contribution in [2.24, 2.45) is 0 Å². The van der Waals surface area contributed by atoms with Crippen LogP contribution in [0.4, 0.5) is 0 Å². The van der Waals surface area contributed by atoms with Crippen molar-refractivity contribution in [3.05, 3.63) is 53.1 Å². The third-order valence-corrected chi connectivity index (χ3v) is 5.91. The van der Waals surface area contributed by atoms with E-state index in [2.05, 4.69) is 72.4 Å². The Morgan fingerprint density at radius 3 is 2.82 bits per heavy atom. The molecule has 0 N–H and O–H groups in total. The summed E-state index contributed by atoms with van der Waals surface area (Å²) in [6, 6.07) is 13.4. The molecule has 114 valence electrons. The Morgan fingerprint density at radius 2 is 2.05 bits per heavy atom. The quantitative estimate of drug-likeness (QED) is 0.484. The van der Waals surface area contributed by atoms with E-state index in [0.717, 1.165) is 24.2 Å². The summed E-state index contributed by atoms with van der Waals surface area (Å²) in [4.78, 5) is 0. The van der Waals surface area contributed by atoms with Gasteiger partial charge in [-0.05, 0) is 40.7 Å². The molecule has 2 aromatic carbocycles. The van der Waals surface area contributed by atoms with Gasteiger partial charge in [0, 0.05) is 40.1 Å². The van der Waals surface area contributed by atoms with Crippen LogP contribution in [-0.4, -0.2) is 17.0 Å². The van der Waals surface area contributed by atoms with Crippen LogP contribution in [0.5, 0.6) is 5.75 Å². The van der Waals surface area contributed by atoms with E-state index < -0.39 is 0 Å². The number of fused-ring (bicyclic) bond motifs is 3. The van der Waals surface area contributed by atoms with Gasteiger partial charge in [-0.15, -0.1) is 0 Å². The lowest BCUT2D eigenvalue weighted by Crippen LogP contribution is -2.09. The SMILES string of the molecule is BrCc1ccc2c(c1)OCc1ccc(C3CCN(Br)C3)cc1-2. The van der Waals surface area contributed by atoms with Crippen molar-refractivity contribution in [2.45, 2.75) is 24.3 Å².